The Morgan fingerprint density at radius 2 is 1.93 bits per heavy atom. The number of hydrogen-bond donors (Lipinski definition) is 0. The van der Waals surface area contributed by atoms with Crippen molar-refractivity contribution in [1.82, 2.24) is 14.3 Å². The fraction of sp³-hybridized carbons (Fsp3) is 0.800. The zero-order valence-corrected chi connectivity index (χ0v) is 9.24. The molecule has 0 spiro atoms. The highest BCUT2D eigenvalue weighted by molar-refractivity contribution is 5.06. The molecule has 78 valence electrons. The van der Waals surface area contributed by atoms with Crippen molar-refractivity contribution < 1.29 is 0 Å². The highest BCUT2D eigenvalue weighted by atomic mass is 16.2. The van der Waals surface area contributed by atoms with Gasteiger partial charge in [-0.2, -0.15) is 5.10 Å². The third kappa shape index (κ3) is 1.38. The molecule has 0 bridgehead atoms. The highest BCUT2D eigenvalue weighted by Gasteiger charge is 2.33. The lowest BCUT2D eigenvalue weighted by molar-refractivity contribution is 0.495. The van der Waals surface area contributed by atoms with Crippen LogP contribution in [0.3, 0.4) is 0 Å². The summed E-state index contributed by atoms with van der Waals surface area (Å²) < 4.78 is 3.30. The molecule has 14 heavy (non-hydrogen) atoms. The van der Waals surface area contributed by atoms with E-state index in [9.17, 15) is 4.79 Å². The SMILES string of the molecule is Cn1nc(C(C)(C)C)n(C2CC2)c1=O. The normalized spacial score (nSPS) is 17.4. The Hall–Kier alpha value is -1.06. The van der Waals surface area contributed by atoms with Crippen LogP contribution in [-0.2, 0) is 12.5 Å². The van der Waals surface area contributed by atoms with Crippen LogP contribution in [0.2, 0.25) is 0 Å². The van der Waals surface area contributed by atoms with Crippen molar-refractivity contribution >= 4 is 0 Å². The number of aryl methyl sites for hydroxylation is 1. The lowest BCUT2D eigenvalue weighted by atomic mass is 9.96. The van der Waals surface area contributed by atoms with Crippen LogP contribution in [0.1, 0.15) is 45.5 Å². The Balaban J connectivity index is 2.59. The van der Waals surface area contributed by atoms with Crippen LogP contribution in [0.15, 0.2) is 4.79 Å². The van der Waals surface area contributed by atoms with Crippen molar-refractivity contribution in [3.05, 3.63) is 16.3 Å². The van der Waals surface area contributed by atoms with Crippen LogP contribution in [0, 0.1) is 0 Å². The van der Waals surface area contributed by atoms with E-state index in [1.54, 1.807) is 7.05 Å². The molecular formula is C10H17N3O. The van der Waals surface area contributed by atoms with Crippen LogP contribution >= 0.6 is 0 Å². The van der Waals surface area contributed by atoms with Gasteiger partial charge in [-0.3, -0.25) is 4.57 Å². The van der Waals surface area contributed by atoms with E-state index in [0.29, 0.717) is 6.04 Å². The van der Waals surface area contributed by atoms with Gasteiger partial charge in [0.15, 0.2) is 0 Å². The molecule has 2 rings (SSSR count). The maximum atomic E-state index is 11.8. The van der Waals surface area contributed by atoms with Gasteiger partial charge in [0, 0.05) is 18.5 Å². The Labute approximate surface area is 83.5 Å². The van der Waals surface area contributed by atoms with Gasteiger partial charge in [-0.25, -0.2) is 9.48 Å². The zero-order valence-electron chi connectivity index (χ0n) is 9.24. The van der Waals surface area contributed by atoms with E-state index in [-0.39, 0.29) is 11.1 Å². The highest BCUT2D eigenvalue weighted by Crippen LogP contribution is 2.36. The van der Waals surface area contributed by atoms with Gasteiger partial charge in [0.1, 0.15) is 5.82 Å². The van der Waals surface area contributed by atoms with E-state index in [1.807, 2.05) is 4.57 Å². The minimum Gasteiger partial charge on any atom is -0.275 e. The summed E-state index contributed by atoms with van der Waals surface area (Å²) in [7, 11) is 1.72. The molecule has 1 heterocycles. The second-order valence-corrected chi connectivity index (χ2v) is 5.08. The predicted octanol–water partition coefficient (Wildman–Crippen LogP) is 1.21. The molecule has 1 aromatic heterocycles. The summed E-state index contributed by atoms with van der Waals surface area (Å²) in [5, 5.41) is 4.31. The van der Waals surface area contributed by atoms with Gasteiger partial charge in [0.2, 0.25) is 0 Å². The Kier molecular flexibility index (Phi) is 1.84. The number of rotatable bonds is 1. The zero-order chi connectivity index (χ0) is 10.5. The summed E-state index contributed by atoms with van der Waals surface area (Å²) in [4.78, 5) is 11.8. The molecular weight excluding hydrogens is 178 g/mol. The van der Waals surface area contributed by atoms with Crippen molar-refractivity contribution in [3.8, 4) is 0 Å². The summed E-state index contributed by atoms with van der Waals surface area (Å²) >= 11 is 0. The Bertz CT molecular complexity index is 404. The molecule has 4 heteroatoms. The van der Waals surface area contributed by atoms with Gasteiger partial charge in [-0.05, 0) is 12.8 Å². The summed E-state index contributed by atoms with van der Waals surface area (Å²) in [5.41, 5.74) is -0.0272. The molecule has 1 aliphatic carbocycles. The molecule has 0 saturated heterocycles. The fourth-order valence-electron chi connectivity index (χ4n) is 1.65. The lowest BCUT2D eigenvalue weighted by Gasteiger charge is -2.17. The molecule has 1 fully saturated rings. The maximum Gasteiger partial charge on any atom is 0.345 e. The summed E-state index contributed by atoms with van der Waals surface area (Å²) in [5.74, 6) is 0.910. The molecule has 0 amide bonds. The average Bonchev–Trinajstić information content (AvgIpc) is 2.81. The van der Waals surface area contributed by atoms with Crippen molar-refractivity contribution in [2.45, 2.75) is 45.1 Å². The molecule has 1 aromatic rings. The molecule has 0 atom stereocenters. The van der Waals surface area contributed by atoms with Gasteiger partial charge in [-0.15, -0.1) is 0 Å². The number of hydrogen-bond acceptors (Lipinski definition) is 2. The quantitative estimate of drug-likeness (QED) is 0.675. The molecule has 0 aliphatic heterocycles. The minimum atomic E-state index is -0.0526. The van der Waals surface area contributed by atoms with Gasteiger partial charge in [0.25, 0.3) is 0 Å². The minimum absolute atomic E-state index is 0.0254. The average molecular weight is 195 g/mol. The first-order valence-electron chi connectivity index (χ1n) is 5.07. The molecule has 1 saturated carbocycles. The third-order valence-corrected chi connectivity index (χ3v) is 2.54. The van der Waals surface area contributed by atoms with E-state index < -0.39 is 0 Å². The van der Waals surface area contributed by atoms with Crippen molar-refractivity contribution in [2.24, 2.45) is 7.05 Å². The van der Waals surface area contributed by atoms with Crippen LogP contribution in [0.25, 0.3) is 0 Å². The fourth-order valence-corrected chi connectivity index (χ4v) is 1.65. The smallest absolute Gasteiger partial charge is 0.275 e. The number of nitrogens with zero attached hydrogens (tertiary/aromatic N) is 3. The summed E-state index contributed by atoms with van der Waals surface area (Å²) in [6, 6.07) is 0.408. The lowest BCUT2D eigenvalue weighted by Crippen LogP contribution is -2.26. The first-order valence-corrected chi connectivity index (χ1v) is 5.07. The largest absolute Gasteiger partial charge is 0.345 e. The summed E-state index contributed by atoms with van der Waals surface area (Å²) in [6.45, 7) is 6.27. The number of aromatic nitrogens is 3. The summed E-state index contributed by atoms with van der Waals surface area (Å²) in [6.07, 6.45) is 2.24. The van der Waals surface area contributed by atoms with Crippen molar-refractivity contribution in [1.29, 1.82) is 0 Å². The third-order valence-electron chi connectivity index (χ3n) is 2.54. The first-order chi connectivity index (χ1) is 6.41. The maximum absolute atomic E-state index is 11.8. The molecule has 4 nitrogen and oxygen atoms in total. The second kappa shape index (κ2) is 2.72. The monoisotopic (exact) mass is 195 g/mol. The Morgan fingerprint density at radius 3 is 2.36 bits per heavy atom. The first kappa shape index (κ1) is 9.49. The van der Waals surface area contributed by atoms with E-state index in [2.05, 4.69) is 25.9 Å². The molecule has 0 aromatic carbocycles. The molecule has 0 radical (unpaired) electrons. The van der Waals surface area contributed by atoms with Crippen molar-refractivity contribution in [3.63, 3.8) is 0 Å². The van der Waals surface area contributed by atoms with Crippen LogP contribution in [0.4, 0.5) is 0 Å². The van der Waals surface area contributed by atoms with E-state index in [0.717, 1.165) is 18.7 Å². The molecule has 0 unspecified atom stereocenters. The van der Waals surface area contributed by atoms with Gasteiger partial charge < -0.3 is 0 Å². The topological polar surface area (TPSA) is 39.8 Å². The van der Waals surface area contributed by atoms with Gasteiger partial charge >= 0.3 is 5.69 Å². The van der Waals surface area contributed by atoms with Crippen LogP contribution in [-0.4, -0.2) is 14.3 Å². The second-order valence-electron chi connectivity index (χ2n) is 5.08. The van der Waals surface area contributed by atoms with E-state index >= 15 is 0 Å². The van der Waals surface area contributed by atoms with Crippen molar-refractivity contribution in [2.75, 3.05) is 0 Å². The van der Waals surface area contributed by atoms with Crippen LogP contribution < -0.4 is 5.69 Å². The molecule has 1 aliphatic rings. The van der Waals surface area contributed by atoms with Gasteiger partial charge in [0.05, 0.1) is 0 Å². The van der Waals surface area contributed by atoms with E-state index in [4.69, 9.17) is 0 Å². The predicted molar refractivity (Wildman–Crippen MR) is 54.4 cm³/mol. The van der Waals surface area contributed by atoms with E-state index in [1.165, 1.54) is 4.68 Å². The Morgan fingerprint density at radius 1 is 1.36 bits per heavy atom. The van der Waals surface area contributed by atoms with Crippen LogP contribution in [0.5, 0.6) is 0 Å². The molecule has 0 N–H and O–H groups in total. The standard InChI is InChI=1S/C10H17N3O/c1-10(2,3)8-11-12(4)9(14)13(8)7-5-6-7/h7H,5-6H2,1-4H3. The van der Waals surface area contributed by atoms with Gasteiger partial charge in [-0.1, -0.05) is 20.8 Å².